The molecule has 146 valence electrons. The number of hydrogen-bond acceptors (Lipinski definition) is 2. The number of rotatable bonds is 7. The molecule has 0 saturated carbocycles. The van der Waals surface area contributed by atoms with E-state index in [1.165, 1.54) is 12.8 Å². The van der Waals surface area contributed by atoms with Crippen molar-refractivity contribution < 1.29 is 4.79 Å². The fraction of sp³-hybridized carbons (Fsp3) is 0.579. The van der Waals surface area contributed by atoms with Crippen LogP contribution in [-0.4, -0.2) is 43.6 Å². The van der Waals surface area contributed by atoms with Crippen molar-refractivity contribution >= 4 is 41.7 Å². The number of halogens is 1. The average molecular weight is 473 g/mol. The van der Waals surface area contributed by atoms with Gasteiger partial charge in [0.2, 0.25) is 0 Å². The number of aliphatic imine (C=N–C) groups is 1. The maximum atomic E-state index is 12.2. The van der Waals surface area contributed by atoms with Gasteiger partial charge >= 0.3 is 6.03 Å². The van der Waals surface area contributed by atoms with Crippen LogP contribution in [0.5, 0.6) is 0 Å². The summed E-state index contributed by atoms with van der Waals surface area (Å²) in [6.07, 6.45) is 5.78. The summed E-state index contributed by atoms with van der Waals surface area (Å²) in [5, 5.41) is 9.62. The summed E-state index contributed by atoms with van der Waals surface area (Å²) in [5.41, 5.74) is 1.94. The number of hydrogen-bond donors (Lipinski definition) is 3. The Morgan fingerprint density at radius 2 is 1.96 bits per heavy atom. The van der Waals surface area contributed by atoms with Crippen molar-refractivity contribution in [2.45, 2.75) is 45.6 Å². The number of carbonyl (C=O) groups is 1. The highest BCUT2D eigenvalue weighted by Crippen LogP contribution is 2.14. The summed E-state index contributed by atoms with van der Waals surface area (Å²) >= 11 is 0. The number of nitrogens with one attached hydrogen (secondary N) is 3. The second-order valence-electron chi connectivity index (χ2n) is 6.38. The molecule has 1 aliphatic rings. The molecule has 1 heterocycles. The van der Waals surface area contributed by atoms with Crippen LogP contribution in [0.4, 0.5) is 10.5 Å². The first-order valence-electron chi connectivity index (χ1n) is 9.32. The summed E-state index contributed by atoms with van der Waals surface area (Å²) in [7, 11) is 1.78. The van der Waals surface area contributed by atoms with Gasteiger partial charge in [0.05, 0.1) is 0 Å². The Morgan fingerprint density at radius 3 is 2.65 bits per heavy atom. The van der Waals surface area contributed by atoms with E-state index in [2.05, 4.69) is 27.9 Å². The molecular formula is C19H32IN5O. The lowest BCUT2D eigenvalue weighted by Gasteiger charge is -2.17. The molecule has 0 aliphatic carbocycles. The quantitative estimate of drug-likeness (QED) is 0.244. The highest BCUT2D eigenvalue weighted by atomic mass is 127. The monoisotopic (exact) mass is 473 g/mol. The molecule has 3 N–H and O–H groups in total. The number of urea groups is 1. The molecule has 0 spiro atoms. The molecule has 1 fully saturated rings. The Hall–Kier alpha value is -1.51. The molecule has 0 unspecified atom stereocenters. The van der Waals surface area contributed by atoms with Gasteiger partial charge in [-0.05, 0) is 37.0 Å². The Morgan fingerprint density at radius 1 is 1.19 bits per heavy atom. The molecule has 6 nitrogen and oxygen atoms in total. The minimum atomic E-state index is -0.00369. The normalized spacial score (nSPS) is 13.9. The molecule has 1 aromatic rings. The maximum Gasteiger partial charge on any atom is 0.321 e. The molecule has 2 rings (SSSR count). The molecule has 0 atom stereocenters. The highest BCUT2D eigenvalue weighted by molar-refractivity contribution is 14.0. The van der Waals surface area contributed by atoms with Crippen molar-refractivity contribution in [1.29, 1.82) is 0 Å². The minimum absolute atomic E-state index is 0. The van der Waals surface area contributed by atoms with E-state index in [9.17, 15) is 4.79 Å². The van der Waals surface area contributed by atoms with E-state index in [0.717, 1.165) is 56.1 Å². The van der Waals surface area contributed by atoms with Crippen LogP contribution in [-0.2, 0) is 6.54 Å². The zero-order valence-electron chi connectivity index (χ0n) is 15.9. The van der Waals surface area contributed by atoms with Gasteiger partial charge in [-0.2, -0.15) is 0 Å². The van der Waals surface area contributed by atoms with E-state index in [4.69, 9.17) is 0 Å². The van der Waals surface area contributed by atoms with Crippen molar-refractivity contribution in [3.05, 3.63) is 29.8 Å². The topological polar surface area (TPSA) is 68.8 Å². The van der Waals surface area contributed by atoms with E-state index >= 15 is 0 Å². The van der Waals surface area contributed by atoms with Crippen LogP contribution in [0.2, 0.25) is 0 Å². The van der Waals surface area contributed by atoms with Crippen LogP contribution in [0.1, 0.15) is 44.6 Å². The van der Waals surface area contributed by atoms with Crippen LogP contribution >= 0.6 is 24.0 Å². The average Bonchev–Trinajstić information content (AvgIpc) is 3.16. The molecule has 26 heavy (non-hydrogen) atoms. The van der Waals surface area contributed by atoms with Gasteiger partial charge in [-0.25, -0.2) is 4.79 Å². The standard InChI is InChI=1S/C19H31N5O.HI/c1-3-4-5-11-21-18(20-2)22-15-16-9-8-10-17(14-16)23-19(25)24-12-6-7-13-24;/h8-10,14H,3-7,11-13,15H2,1-2H3,(H,23,25)(H2,20,21,22);1H. The predicted octanol–water partition coefficient (Wildman–Crippen LogP) is 3.79. The minimum Gasteiger partial charge on any atom is -0.356 e. The fourth-order valence-electron chi connectivity index (χ4n) is 2.87. The number of carbonyl (C=O) groups excluding carboxylic acids is 1. The predicted molar refractivity (Wildman–Crippen MR) is 119 cm³/mol. The van der Waals surface area contributed by atoms with Gasteiger partial charge in [0, 0.05) is 38.9 Å². The van der Waals surface area contributed by atoms with Crippen LogP contribution in [0, 0.1) is 0 Å². The van der Waals surface area contributed by atoms with Gasteiger partial charge in [-0.3, -0.25) is 4.99 Å². The summed E-state index contributed by atoms with van der Waals surface area (Å²) in [5.74, 6) is 0.808. The van der Waals surface area contributed by atoms with E-state index in [1.807, 2.05) is 29.2 Å². The van der Waals surface area contributed by atoms with Gasteiger partial charge in [-0.15, -0.1) is 24.0 Å². The van der Waals surface area contributed by atoms with Crippen molar-refractivity contribution in [2.75, 3.05) is 32.0 Å². The summed E-state index contributed by atoms with van der Waals surface area (Å²) < 4.78 is 0. The molecule has 2 amide bonds. The third kappa shape index (κ3) is 7.80. The van der Waals surface area contributed by atoms with Crippen molar-refractivity contribution in [3.8, 4) is 0 Å². The molecule has 1 aliphatic heterocycles. The second-order valence-corrected chi connectivity index (χ2v) is 6.38. The third-order valence-corrected chi connectivity index (χ3v) is 4.33. The highest BCUT2D eigenvalue weighted by Gasteiger charge is 2.17. The first kappa shape index (κ1) is 22.5. The molecular weight excluding hydrogens is 441 g/mol. The number of benzene rings is 1. The molecule has 0 aromatic heterocycles. The second kappa shape index (κ2) is 12.8. The van der Waals surface area contributed by atoms with Gasteiger partial charge in [-0.1, -0.05) is 31.9 Å². The van der Waals surface area contributed by atoms with Crippen LogP contribution in [0.25, 0.3) is 0 Å². The SMILES string of the molecule is CCCCCNC(=NC)NCc1cccc(NC(=O)N2CCCC2)c1.I. The Labute approximate surface area is 174 Å². The lowest BCUT2D eigenvalue weighted by Crippen LogP contribution is -2.37. The summed E-state index contributed by atoms with van der Waals surface area (Å²) in [4.78, 5) is 18.3. The first-order valence-corrected chi connectivity index (χ1v) is 9.32. The van der Waals surface area contributed by atoms with E-state index in [1.54, 1.807) is 7.05 Å². The number of nitrogens with zero attached hydrogens (tertiary/aromatic N) is 2. The Kier molecular flexibility index (Phi) is 11.1. The maximum absolute atomic E-state index is 12.2. The van der Waals surface area contributed by atoms with Crippen molar-refractivity contribution in [2.24, 2.45) is 4.99 Å². The number of amides is 2. The number of anilines is 1. The van der Waals surface area contributed by atoms with Crippen LogP contribution in [0.15, 0.2) is 29.3 Å². The van der Waals surface area contributed by atoms with Gasteiger partial charge in [0.15, 0.2) is 5.96 Å². The van der Waals surface area contributed by atoms with Crippen molar-refractivity contribution in [1.82, 2.24) is 15.5 Å². The lowest BCUT2D eigenvalue weighted by atomic mass is 10.2. The molecule has 1 saturated heterocycles. The van der Waals surface area contributed by atoms with Gasteiger partial charge in [0.25, 0.3) is 0 Å². The third-order valence-electron chi connectivity index (χ3n) is 4.33. The summed E-state index contributed by atoms with van der Waals surface area (Å²) in [6.45, 7) is 5.50. The van der Waals surface area contributed by atoms with E-state index < -0.39 is 0 Å². The van der Waals surface area contributed by atoms with Crippen LogP contribution < -0.4 is 16.0 Å². The summed E-state index contributed by atoms with van der Waals surface area (Å²) in [6, 6.07) is 7.94. The van der Waals surface area contributed by atoms with Crippen LogP contribution in [0.3, 0.4) is 0 Å². The number of unbranched alkanes of at least 4 members (excludes halogenated alkanes) is 2. The molecule has 0 radical (unpaired) electrons. The Balaban J connectivity index is 0.00000338. The number of guanidine groups is 1. The zero-order valence-corrected chi connectivity index (χ0v) is 18.2. The number of likely N-dealkylation sites (tertiary alicyclic amines) is 1. The van der Waals surface area contributed by atoms with E-state index in [0.29, 0.717) is 6.54 Å². The first-order chi connectivity index (χ1) is 12.2. The molecule has 0 bridgehead atoms. The molecule has 1 aromatic carbocycles. The largest absolute Gasteiger partial charge is 0.356 e. The fourth-order valence-corrected chi connectivity index (χ4v) is 2.87. The smallest absolute Gasteiger partial charge is 0.321 e. The van der Waals surface area contributed by atoms with Gasteiger partial charge in [0.1, 0.15) is 0 Å². The van der Waals surface area contributed by atoms with Gasteiger partial charge < -0.3 is 20.9 Å². The molecule has 7 heteroatoms. The van der Waals surface area contributed by atoms with E-state index in [-0.39, 0.29) is 30.0 Å². The Bertz CT molecular complexity index is 573. The zero-order chi connectivity index (χ0) is 17.9. The lowest BCUT2D eigenvalue weighted by molar-refractivity contribution is 0.222. The van der Waals surface area contributed by atoms with Crippen molar-refractivity contribution in [3.63, 3.8) is 0 Å².